The zero-order chi connectivity index (χ0) is 20.4. The number of carboxylic acids is 1. The number of aromatic carboxylic acids is 1. The number of rotatable bonds is 5. The third kappa shape index (κ3) is 3.86. The zero-order valence-corrected chi connectivity index (χ0v) is 16.8. The third-order valence-electron chi connectivity index (χ3n) is 4.91. The summed E-state index contributed by atoms with van der Waals surface area (Å²) in [4.78, 5) is 27.6. The first-order valence-electron chi connectivity index (χ1n) is 9.01. The van der Waals surface area contributed by atoms with Crippen LogP contribution in [0, 0.1) is 0 Å². The molecule has 0 fully saturated rings. The van der Waals surface area contributed by atoms with Crippen LogP contribution >= 0.6 is 15.9 Å². The number of pyridine rings is 1. The van der Waals surface area contributed by atoms with Gasteiger partial charge in [-0.2, -0.15) is 0 Å². The van der Waals surface area contributed by atoms with E-state index in [0.717, 1.165) is 22.3 Å². The van der Waals surface area contributed by atoms with E-state index in [0.29, 0.717) is 4.47 Å². The van der Waals surface area contributed by atoms with E-state index in [-0.39, 0.29) is 30.3 Å². The van der Waals surface area contributed by atoms with Gasteiger partial charge in [0.25, 0.3) is 0 Å². The van der Waals surface area contributed by atoms with Gasteiger partial charge in [-0.3, -0.25) is 4.98 Å². The van der Waals surface area contributed by atoms with Crippen LogP contribution in [-0.4, -0.2) is 28.8 Å². The molecule has 0 atom stereocenters. The molecule has 6 nitrogen and oxygen atoms in total. The second-order valence-electron chi connectivity index (χ2n) is 6.63. The van der Waals surface area contributed by atoms with Crippen molar-refractivity contribution in [3.8, 4) is 11.1 Å². The lowest BCUT2D eigenvalue weighted by Gasteiger charge is -2.14. The molecular weight excluding hydrogens is 436 g/mol. The van der Waals surface area contributed by atoms with Crippen LogP contribution in [0.25, 0.3) is 11.1 Å². The van der Waals surface area contributed by atoms with Crippen molar-refractivity contribution in [1.29, 1.82) is 0 Å². The fourth-order valence-corrected chi connectivity index (χ4v) is 3.93. The smallest absolute Gasteiger partial charge is 0.407 e. The summed E-state index contributed by atoms with van der Waals surface area (Å²) in [6, 6.07) is 17.6. The van der Waals surface area contributed by atoms with E-state index in [1.165, 1.54) is 12.3 Å². The molecule has 7 heteroatoms. The van der Waals surface area contributed by atoms with E-state index in [1.807, 2.05) is 36.4 Å². The molecule has 0 saturated carbocycles. The topological polar surface area (TPSA) is 88.5 Å². The van der Waals surface area contributed by atoms with Crippen molar-refractivity contribution in [3.63, 3.8) is 0 Å². The number of alkyl carbamates (subject to hydrolysis) is 1. The molecule has 1 aromatic heterocycles. The molecule has 0 unspecified atom stereocenters. The molecule has 2 aromatic carbocycles. The Labute approximate surface area is 175 Å². The van der Waals surface area contributed by atoms with Crippen LogP contribution in [0.2, 0.25) is 0 Å². The number of benzene rings is 2. The van der Waals surface area contributed by atoms with Crippen molar-refractivity contribution in [3.05, 3.63) is 87.7 Å². The number of carbonyl (C=O) groups is 2. The number of fused-ring (bicyclic) bond motifs is 3. The molecule has 146 valence electrons. The molecule has 1 aliphatic rings. The monoisotopic (exact) mass is 452 g/mol. The maximum absolute atomic E-state index is 12.2. The van der Waals surface area contributed by atoms with Crippen LogP contribution < -0.4 is 5.32 Å². The van der Waals surface area contributed by atoms with E-state index in [2.05, 4.69) is 38.4 Å². The molecule has 0 bridgehead atoms. The van der Waals surface area contributed by atoms with Gasteiger partial charge in [-0.25, -0.2) is 9.59 Å². The Balaban J connectivity index is 1.43. The van der Waals surface area contributed by atoms with Crippen LogP contribution in [0.3, 0.4) is 0 Å². The molecule has 3 aromatic rings. The van der Waals surface area contributed by atoms with Crippen LogP contribution in [0.15, 0.2) is 65.3 Å². The van der Waals surface area contributed by atoms with Crippen molar-refractivity contribution < 1.29 is 19.4 Å². The average Bonchev–Trinajstić information content (AvgIpc) is 3.05. The highest BCUT2D eigenvalue weighted by molar-refractivity contribution is 9.10. The second kappa shape index (κ2) is 8.05. The van der Waals surface area contributed by atoms with E-state index < -0.39 is 12.1 Å². The summed E-state index contributed by atoms with van der Waals surface area (Å²) >= 11 is 3.20. The van der Waals surface area contributed by atoms with Crippen LogP contribution in [0.4, 0.5) is 4.79 Å². The number of carbonyl (C=O) groups excluding carboxylic acids is 1. The third-order valence-corrected chi connectivity index (χ3v) is 5.34. The number of amides is 1. The zero-order valence-electron chi connectivity index (χ0n) is 15.3. The summed E-state index contributed by atoms with van der Waals surface area (Å²) in [5, 5.41) is 11.9. The Morgan fingerprint density at radius 2 is 1.69 bits per heavy atom. The normalized spacial score (nSPS) is 12.2. The van der Waals surface area contributed by atoms with E-state index in [4.69, 9.17) is 4.74 Å². The molecule has 1 amide bonds. The van der Waals surface area contributed by atoms with Crippen molar-refractivity contribution in [2.75, 3.05) is 6.61 Å². The molecule has 0 saturated heterocycles. The first kappa shape index (κ1) is 19.1. The average molecular weight is 453 g/mol. The van der Waals surface area contributed by atoms with Crippen molar-refractivity contribution in [2.24, 2.45) is 0 Å². The number of aromatic nitrogens is 1. The number of ether oxygens (including phenoxy) is 1. The predicted molar refractivity (Wildman–Crippen MR) is 111 cm³/mol. The van der Waals surface area contributed by atoms with Gasteiger partial charge in [0, 0.05) is 16.6 Å². The minimum absolute atomic E-state index is 0.0262. The molecule has 0 radical (unpaired) electrons. The molecule has 0 aliphatic heterocycles. The maximum Gasteiger partial charge on any atom is 0.407 e. The minimum atomic E-state index is -1.11. The first-order valence-corrected chi connectivity index (χ1v) is 9.80. The lowest BCUT2D eigenvalue weighted by Crippen LogP contribution is -2.27. The van der Waals surface area contributed by atoms with Crippen LogP contribution in [0.5, 0.6) is 0 Å². The van der Waals surface area contributed by atoms with Gasteiger partial charge in [0.2, 0.25) is 0 Å². The van der Waals surface area contributed by atoms with Gasteiger partial charge in [0.05, 0.1) is 17.8 Å². The number of nitrogens with one attached hydrogen (secondary N) is 1. The highest BCUT2D eigenvalue weighted by Crippen LogP contribution is 2.44. The van der Waals surface area contributed by atoms with E-state index in [9.17, 15) is 14.7 Å². The highest BCUT2D eigenvalue weighted by atomic mass is 79.9. The number of halogens is 1. The maximum atomic E-state index is 12.2. The summed E-state index contributed by atoms with van der Waals surface area (Å²) < 4.78 is 6.01. The Hall–Kier alpha value is -3.19. The minimum Gasteiger partial charge on any atom is -0.478 e. The Kier molecular flexibility index (Phi) is 5.31. The molecule has 2 N–H and O–H groups in total. The van der Waals surface area contributed by atoms with Crippen molar-refractivity contribution >= 4 is 28.0 Å². The summed E-state index contributed by atoms with van der Waals surface area (Å²) in [5.74, 6) is -1.14. The van der Waals surface area contributed by atoms with E-state index in [1.54, 1.807) is 0 Å². The fraction of sp³-hybridized carbons (Fsp3) is 0.136. The highest BCUT2D eigenvalue weighted by Gasteiger charge is 2.29. The van der Waals surface area contributed by atoms with Crippen LogP contribution in [-0.2, 0) is 11.3 Å². The summed E-state index contributed by atoms with van der Waals surface area (Å²) in [7, 11) is 0. The van der Waals surface area contributed by atoms with Gasteiger partial charge in [-0.1, -0.05) is 48.5 Å². The number of carboxylic acid groups (broad SMARTS) is 1. The van der Waals surface area contributed by atoms with Crippen molar-refractivity contribution in [2.45, 2.75) is 12.5 Å². The van der Waals surface area contributed by atoms with Gasteiger partial charge in [0.15, 0.2) is 0 Å². The molecular formula is C22H17BrN2O4. The number of nitrogens with zero attached hydrogens (tertiary/aromatic N) is 1. The summed E-state index contributed by atoms with van der Waals surface area (Å²) in [5.41, 5.74) is 4.85. The molecule has 1 heterocycles. The van der Waals surface area contributed by atoms with Gasteiger partial charge in [-0.05, 0) is 44.3 Å². The van der Waals surface area contributed by atoms with Gasteiger partial charge >= 0.3 is 12.1 Å². The number of hydrogen-bond donors (Lipinski definition) is 2. The Bertz CT molecular complexity index is 1050. The Morgan fingerprint density at radius 1 is 1.07 bits per heavy atom. The van der Waals surface area contributed by atoms with Gasteiger partial charge in [-0.15, -0.1) is 0 Å². The molecule has 4 rings (SSSR count). The first-order chi connectivity index (χ1) is 14.0. The largest absolute Gasteiger partial charge is 0.478 e. The standard InChI is InChI=1S/C22H17BrN2O4/c23-13-9-18(21(26)27)20(24-10-13)11-25-22(28)29-12-19-16-7-3-1-5-14(16)15-6-2-4-8-17(15)19/h1-10,19H,11-12H2,(H,25,28)(H,26,27). The second-order valence-corrected chi connectivity index (χ2v) is 7.55. The van der Waals surface area contributed by atoms with Gasteiger partial charge < -0.3 is 15.2 Å². The molecule has 29 heavy (non-hydrogen) atoms. The SMILES string of the molecule is O=C(NCc1ncc(Br)cc1C(=O)O)OCC1c2ccccc2-c2ccccc21. The van der Waals surface area contributed by atoms with Crippen molar-refractivity contribution in [1.82, 2.24) is 10.3 Å². The number of hydrogen-bond acceptors (Lipinski definition) is 4. The lowest BCUT2D eigenvalue weighted by atomic mass is 9.98. The fourth-order valence-electron chi connectivity index (χ4n) is 3.60. The summed E-state index contributed by atoms with van der Waals surface area (Å²) in [6.45, 7) is 0.158. The molecule has 1 aliphatic carbocycles. The lowest BCUT2D eigenvalue weighted by molar-refractivity contribution is 0.0694. The Morgan fingerprint density at radius 3 is 2.31 bits per heavy atom. The van der Waals surface area contributed by atoms with Gasteiger partial charge in [0.1, 0.15) is 6.61 Å². The molecule has 0 spiro atoms. The summed E-state index contributed by atoms with van der Waals surface area (Å²) in [6.07, 6.45) is 0.870. The van der Waals surface area contributed by atoms with Crippen LogP contribution in [0.1, 0.15) is 33.1 Å². The predicted octanol–water partition coefficient (Wildman–Crippen LogP) is 4.58. The van der Waals surface area contributed by atoms with E-state index >= 15 is 0 Å². The quantitative estimate of drug-likeness (QED) is 0.591.